The van der Waals surface area contributed by atoms with Gasteiger partial charge in [-0.1, -0.05) is 34.9 Å². The molecule has 6 nitrogen and oxygen atoms in total. The number of allylic oxidation sites excluding steroid dienone is 6. The third-order valence-electron chi connectivity index (χ3n) is 6.39. The van der Waals surface area contributed by atoms with Crippen LogP contribution in [0.5, 0.6) is 28.7 Å². The SMILES string of the molecule is CC(C)=CCCC(C)=CCc1cc(C2COc3cc(O)c(CC=C(C)C)c(O)c3C2=O)c(O)cc1O. The van der Waals surface area contributed by atoms with Crippen LogP contribution >= 0.6 is 0 Å². The topological polar surface area (TPSA) is 107 Å². The van der Waals surface area contributed by atoms with Crippen LogP contribution in [0.15, 0.2) is 53.1 Å². The Bertz CT molecular complexity index is 1240. The molecule has 0 spiro atoms. The molecule has 2 aromatic carbocycles. The fraction of sp³-hybridized carbons (Fsp3) is 0.367. The van der Waals surface area contributed by atoms with Crippen molar-refractivity contribution in [3.8, 4) is 28.7 Å². The fourth-order valence-corrected chi connectivity index (χ4v) is 4.24. The van der Waals surface area contributed by atoms with Gasteiger partial charge >= 0.3 is 0 Å². The standard InChI is InChI=1S/C30H36O6/c1-17(2)7-6-8-19(5)10-11-20-13-22(25(32)14-24(20)31)23-16-36-27-15-26(33)21(12-9-18(3)4)29(34)28(27)30(23)35/h7,9-10,13-15,23,31-34H,6,8,11-12,16H2,1-5H3. The highest BCUT2D eigenvalue weighted by Gasteiger charge is 2.36. The predicted octanol–water partition coefficient (Wildman–Crippen LogP) is 6.61. The molecule has 1 aliphatic rings. The second-order valence-electron chi connectivity index (χ2n) is 9.92. The van der Waals surface area contributed by atoms with Crippen molar-refractivity contribution < 1.29 is 30.0 Å². The lowest BCUT2D eigenvalue weighted by Gasteiger charge is -2.27. The van der Waals surface area contributed by atoms with E-state index in [0.29, 0.717) is 17.5 Å². The smallest absolute Gasteiger partial charge is 0.181 e. The van der Waals surface area contributed by atoms with Crippen LogP contribution in [0.2, 0.25) is 0 Å². The number of carbonyl (C=O) groups excluding carboxylic acids is 1. The van der Waals surface area contributed by atoms with Gasteiger partial charge in [-0.3, -0.25) is 4.79 Å². The first-order valence-electron chi connectivity index (χ1n) is 12.2. The maximum atomic E-state index is 13.5. The van der Waals surface area contributed by atoms with Gasteiger partial charge in [0.15, 0.2) is 5.78 Å². The van der Waals surface area contributed by atoms with Crippen molar-refractivity contribution in [2.24, 2.45) is 0 Å². The number of rotatable bonds is 8. The number of hydrogen-bond donors (Lipinski definition) is 4. The average molecular weight is 493 g/mol. The zero-order chi connectivity index (χ0) is 26.6. The van der Waals surface area contributed by atoms with Crippen molar-refractivity contribution in [3.05, 3.63) is 75.4 Å². The number of Topliss-reactive ketones (excluding diaryl/α,β-unsaturated/α-hetero) is 1. The Morgan fingerprint density at radius 2 is 1.58 bits per heavy atom. The van der Waals surface area contributed by atoms with E-state index in [1.807, 2.05) is 32.9 Å². The predicted molar refractivity (Wildman–Crippen MR) is 141 cm³/mol. The molecular formula is C30H36O6. The number of fused-ring (bicyclic) bond motifs is 1. The first-order valence-corrected chi connectivity index (χ1v) is 12.2. The molecule has 1 aliphatic heterocycles. The summed E-state index contributed by atoms with van der Waals surface area (Å²) < 4.78 is 5.74. The number of aromatic hydroxyl groups is 4. The normalized spacial score (nSPS) is 15.2. The second-order valence-corrected chi connectivity index (χ2v) is 9.92. The molecule has 0 aromatic heterocycles. The molecule has 1 atom stereocenters. The molecule has 6 heteroatoms. The molecular weight excluding hydrogens is 456 g/mol. The van der Waals surface area contributed by atoms with E-state index < -0.39 is 11.7 Å². The van der Waals surface area contributed by atoms with Crippen LogP contribution in [0, 0.1) is 0 Å². The summed E-state index contributed by atoms with van der Waals surface area (Å²) in [5, 5.41) is 42.3. The summed E-state index contributed by atoms with van der Waals surface area (Å²) in [6.45, 7) is 9.92. The first kappa shape index (κ1) is 26.9. The Morgan fingerprint density at radius 1 is 0.889 bits per heavy atom. The van der Waals surface area contributed by atoms with Crippen molar-refractivity contribution >= 4 is 5.78 Å². The van der Waals surface area contributed by atoms with Crippen LogP contribution in [0.1, 0.15) is 80.4 Å². The highest BCUT2D eigenvalue weighted by Crippen LogP contribution is 2.45. The number of benzene rings is 2. The zero-order valence-electron chi connectivity index (χ0n) is 21.7. The summed E-state index contributed by atoms with van der Waals surface area (Å²) in [7, 11) is 0. The molecule has 1 heterocycles. The lowest BCUT2D eigenvalue weighted by Crippen LogP contribution is -2.26. The van der Waals surface area contributed by atoms with E-state index in [2.05, 4.69) is 19.9 Å². The highest BCUT2D eigenvalue weighted by molar-refractivity contribution is 6.07. The van der Waals surface area contributed by atoms with Crippen molar-refractivity contribution in [1.82, 2.24) is 0 Å². The second kappa shape index (κ2) is 11.4. The van der Waals surface area contributed by atoms with Gasteiger partial charge in [0.1, 0.15) is 40.9 Å². The van der Waals surface area contributed by atoms with Crippen LogP contribution in [0.4, 0.5) is 0 Å². The van der Waals surface area contributed by atoms with Crippen molar-refractivity contribution in [2.45, 2.75) is 66.2 Å². The number of carbonyl (C=O) groups is 1. The van der Waals surface area contributed by atoms with Gasteiger partial charge in [0, 0.05) is 23.3 Å². The Kier molecular flexibility index (Phi) is 8.51. The lowest BCUT2D eigenvalue weighted by atomic mass is 9.85. The van der Waals surface area contributed by atoms with Crippen LogP contribution in [-0.2, 0) is 12.8 Å². The van der Waals surface area contributed by atoms with Gasteiger partial charge in [-0.15, -0.1) is 0 Å². The molecule has 0 saturated carbocycles. The van der Waals surface area contributed by atoms with Crippen molar-refractivity contribution in [1.29, 1.82) is 0 Å². The van der Waals surface area contributed by atoms with E-state index in [1.54, 1.807) is 6.07 Å². The maximum Gasteiger partial charge on any atom is 0.181 e. The molecule has 0 aliphatic carbocycles. The van der Waals surface area contributed by atoms with Crippen LogP contribution < -0.4 is 4.74 Å². The number of ketones is 1. The molecule has 0 bridgehead atoms. The van der Waals surface area contributed by atoms with E-state index >= 15 is 0 Å². The van der Waals surface area contributed by atoms with E-state index in [4.69, 9.17) is 4.74 Å². The summed E-state index contributed by atoms with van der Waals surface area (Å²) in [6.07, 6.45) is 8.63. The van der Waals surface area contributed by atoms with E-state index in [-0.39, 0.29) is 52.9 Å². The summed E-state index contributed by atoms with van der Waals surface area (Å²) in [5.74, 6) is -1.89. The number of phenols is 4. The molecule has 0 saturated heterocycles. The summed E-state index contributed by atoms with van der Waals surface area (Å²) in [5.41, 5.74) is 4.61. The minimum Gasteiger partial charge on any atom is -0.508 e. The largest absolute Gasteiger partial charge is 0.508 e. The summed E-state index contributed by atoms with van der Waals surface area (Å²) in [4.78, 5) is 13.5. The minimum atomic E-state index is -0.869. The van der Waals surface area contributed by atoms with Gasteiger partial charge in [0.25, 0.3) is 0 Å². The maximum absolute atomic E-state index is 13.5. The Balaban J connectivity index is 1.92. The molecule has 36 heavy (non-hydrogen) atoms. The zero-order valence-corrected chi connectivity index (χ0v) is 21.7. The highest BCUT2D eigenvalue weighted by atomic mass is 16.5. The lowest BCUT2D eigenvalue weighted by molar-refractivity contribution is 0.0889. The molecule has 3 rings (SSSR count). The van der Waals surface area contributed by atoms with Crippen molar-refractivity contribution in [3.63, 3.8) is 0 Å². The molecule has 0 amide bonds. The van der Waals surface area contributed by atoms with E-state index in [1.165, 1.54) is 23.3 Å². The molecule has 0 radical (unpaired) electrons. The van der Waals surface area contributed by atoms with E-state index in [0.717, 1.165) is 18.4 Å². The fourth-order valence-electron chi connectivity index (χ4n) is 4.24. The molecule has 4 N–H and O–H groups in total. The third-order valence-corrected chi connectivity index (χ3v) is 6.39. The Hall–Kier alpha value is -3.67. The average Bonchev–Trinajstić information content (AvgIpc) is 2.78. The number of ether oxygens (including phenoxy) is 1. The monoisotopic (exact) mass is 492 g/mol. The Morgan fingerprint density at radius 3 is 2.25 bits per heavy atom. The van der Waals surface area contributed by atoms with Gasteiger partial charge < -0.3 is 25.2 Å². The van der Waals surface area contributed by atoms with E-state index in [9.17, 15) is 25.2 Å². The van der Waals surface area contributed by atoms with Gasteiger partial charge in [0.2, 0.25) is 0 Å². The summed E-state index contributed by atoms with van der Waals surface area (Å²) >= 11 is 0. The summed E-state index contributed by atoms with van der Waals surface area (Å²) in [6, 6.07) is 4.22. The van der Waals surface area contributed by atoms with Gasteiger partial charge in [-0.05, 0) is 71.9 Å². The van der Waals surface area contributed by atoms with Gasteiger partial charge in [-0.25, -0.2) is 0 Å². The third kappa shape index (κ3) is 6.11. The Labute approximate surface area is 212 Å². The van der Waals surface area contributed by atoms with Crippen LogP contribution in [0.3, 0.4) is 0 Å². The van der Waals surface area contributed by atoms with Gasteiger partial charge in [0.05, 0.1) is 5.92 Å². The van der Waals surface area contributed by atoms with Crippen LogP contribution in [-0.4, -0.2) is 32.8 Å². The molecule has 192 valence electrons. The quantitative estimate of drug-likeness (QED) is 0.309. The van der Waals surface area contributed by atoms with Crippen molar-refractivity contribution in [2.75, 3.05) is 6.61 Å². The number of hydrogen-bond acceptors (Lipinski definition) is 6. The first-order chi connectivity index (χ1) is 17.0. The van der Waals surface area contributed by atoms with Gasteiger partial charge in [-0.2, -0.15) is 0 Å². The number of phenolic OH excluding ortho intramolecular Hbond substituents is 4. The van der Waals surface area contributed by atoms with Crippen LogP contribution in [0.25, 0.3) is 0 Å². The molecule has 0 fully saturated rings. The molecule has 1 unspecified atom stereocenters. The molecule has 2 aromatic rings. The minimum absolute atomic E-state index is 0.00903.